The summed E-state index contributed by atoms with van der Waals surface area (Å²) in [5.41, 5.74) is 1.02. The SMILES string of the molecule is CN=C(NCc1cc(Cl)c(I)cc1OC)NC1CC1. The zero-order chi connectivity index (χ0) is 13.8. The topological polar surface area (TPSA) is 45.7 Å². The van der Waals surface area contributed by atoms with Crippen molar-refractivity contribution in [2.75, 3.05) is 14.2 Å². The van der Waals surface area contributed by atoms with Gasteiger partial charge in [-0.25, -0.2) is 0 Å². The third-order valence-corrected chi connectivity index (χ3v) is 4.44. The zero-order valence-corrected chi connectivity index (χ0v) is 13.9. The van der Waals surface area contributed by atoms with Crippen LogP contribution >= 0.6 is 34.2 Å². The first-order valence-electron chi connectivity index (χ1n) is 6.13. The fourth-order valence-corrected chi connectivity index (χ4v) is 2.32. The third kappa shape index (κ3) is 4.14. The summed E-state index contributed by atoms with van der Waals surface area (Å²) < 4.78 is 6.36. The number of aliphatic imine (C=N–C) groups is 1. The molecule has 2 N–H and O–H groups in total. The van der Waals surface area contributed by atoms with Crippen molar-refractivity contribution in [1.29, 1.82) is 0 Å². The van der Waals surface area contributed by atoms with Crippen LogP contribution in [0.1, 0.15) is 18.4 Å². The first kappa shape index (κ1) is 14.7. The molecule has 0 aliphatic heterocycles. The lowest BCUT2D eigenvalue weighted by molar-refractivity contribution is 0.408. The Balaban J connectivity index is 2.03. The molecule has 1 aliphatic rings. The van der Waals surface area contributed by atoms with E-state index in [0.29, 0.717) is 12.6 Å². The summed E-state index contributed by atoms with van der Waals surface area (Å²) in [6.07, 6.45) is 2.44. The lowest BCUT2D eigenvalue weighted by atomic mass is 10.2. The summed E-state index contributed by atoms with van der Waals surface area (Å²) >= 11 is 8.34. The highest BCUT2D eigenvalue weighted by molar-refractivity contribution is 14.1. The van der Waals surface area contributed by atoms with E-state index in [2.05, 4.69) is 38.2 Å². The Morgan fingerprint density at radius 2 is 2.26 bits per heavy atom. The van der Waals surface area contributed by atoms with Crippen LogP contribution in [0.5, 0.6) is 5.75 Å². The monoisotopic (exact) mass is 393 g/mol. The van der Waals surface area contributed by atoms with E-state index >= 15 is 0 Å². The molecule has 1 aromatic carbocycles. The molecular weight excluding hydrogens is 377 g/mol. The van der Waals surface area contributed by atoms with Gasteiger partial charge in [0.2, 0.25) is 0 Å². The maximum absolute atomic E-state index is 6.15. The third-order valence-electron chi connectivity index (χ3n) is 2.91. The lowest BCUT2D eigenvalue weighted by Crippen LogP contribution is -2.38. The highest BCUT2D eigenvalue weighted by atomic mass is 127. The van der Waals surface area contributed by atoms with Gasteiger partial charge in [-0.2, -0.15) is 0 Å². The molecule has 2 rings (SSSR count). The fourth-order valence-electron chi connectivity index (χ4n) is 1.69. The number of hydrogen-bond acceptors (Lipinski definition) is 2. The Hall–Kier alpha value is -0.690. The number of hydrogen-bond donors (Lipinski definition) is 2. The summed E-state index contributed by atoms with van der Waals surface area (Å²) in [6.45, 7) is 0.631. The van der Waals surface area contributed by atoms with Gasteiger partial charge in [0.05, 0.1) is 12.1 Å². The summed E-state index contributed by atoms with van der Waals surface area (Å²) in [4.78, 5) is 4.20. The lowest BCUT2D eigenvalue weighted by Gasteiger charge is -2.14. The molecule has 1 fully saturated rings. The van der Waals surface area contributed by atoms with Gasteiger partial charge in [-0.05, 0) is 47.6 Å². The van der Waals surface area contributed by atoms with E-state index < -0.39 is 0 Å². The van der Waals surface area contributed by atoms with Gasteiger partial charge < -0.3 is 15.4 Å². The van der Waals surface area contributed by atoms with Crippen molar-refractivity contribution in [2.45, 2.75) is 25.4 Å². The molecule has 0 spiro atoms. The van der Waals surface area contributed by atoms with E-state index in [-0.39, 0.29) is 0 Å². The Labute approximate surface area is 132 Å². The molecule has 1 aromatic rings. The van der Waals surface area contributed by atoms with Crippen LogP contribution in [0, 0.1) is 3.57 Å². The number of methoxy groups -OCH3 is 1. The molecule has 0 amide bonds. The first-order valence-corrected chi connectivity index (χ1v) is 7.58. The fraction of sp³-hybridized carbons (Fsp3) is 0.462. The largest absolute Gasteiger partial charge is 0.496 e. The van der Waals surface area contributed by atoms with Crippen LogP contribution < -0.4 is 15.4 Å². The second-order valence-corrected chi connectivity index (χ2v) is 5.99. The Kier molecular flexibility index (Phi) is 5.15. The van der Waals surface area contributed by atoms with Crippen molar-refractivity contribution in [1.82, 2.24) is 10.6 Å². The molecule has 0 radical (unpaired) electrons. The molecule has 104 valence electrons. The average Bonchev–Trinajstić information content (AvgIpc) is 3.21. The molecule has 6 heteroatoms. The van der Waals surface area contributed by atoms with Crippen molar-refractivity contribution >= 4 is 40.2 Å². The maximum Gasteiger partial charge on any atom is 0.191 e. The number of benzene rings is 1. The van der Waals surface area contributed by atoms with Crippen LogP contribution in [-0.4, -0.2) is 26.2 Å². The second kappa shape index (κ2) is 6.65. The predicted molar refractivity (Wildman–Crippen MR) is 87.1 cm³/mol. The quantitative estimate of drug-likeness (QED) is 0.470. The summed E-state index contributed by atoms with van der Waals surface area (Å²) in [7, 11) is 3.44. The molecule has 0 unspecified atom stereocenters. The van der Waals surface area contributed by atoms with Crippen LogP contribution in [0.25, 0.3) is 0 Å². The Bertz CT molecular complexity index is 489. The minimum Gasteiger partial charge on any atom is -0.496 e. The predicted octanol–water partition coefficient (Wildman–Crippen LogP) is 2.78. The van der Waals surface area contributed by atoms with E-state index in [4.69, 9.17) is 16.3 Å². The van der Waals surface area contributed by atoms with Crippen molar-refractivity contribution in [3.8, 4) is 5.75 Å². The van der Waals surface area contributed by atoms with Crippen molar-refractivity contribution in [3.05, 3.63) is 26.3 Å². The van der Waals surface area contributed by atoms with E-state index in [9.17, 15) is 0 Å². The molecule has 1 saturated carbocycles. The molecule has 0 saturated heterocycles. The van der Waals surface area contributed by atoms with E-state index in [1.165, 1.54) is 12.8 Å². The summed E-state index contributed by atoms with van der Waals surface area (Å²) in [5, 5.41) is 7.35. The van der Waals surface area contributed by atoms with Gasteiger partial charge in [0.15, 0.2) is 5.96 Å². The normalized spacial score (nSPS) is 15.3. The van der Waals surface area contributed by atoms with Gasteiger partial charge in [-0.15, -0.1) is 0 Å². The molecular formula is C13H17ClIN3O. The van der Waals surface area contributed by atoms with Crippen LogP contribution in [0.3, 0.4) is 0 Å². The second-order valence-electron chi connectivity index (χ2n) is 4.42. The van der Waals surface area contributed by atoms with E-state index in [0.717, 1.165) is 25.9 Å². The van der Waals surface area contributed by atoms with Crippen LogP contribution in [0.4, 0.5) is 0 Å². The van der Waals surface area contributed by atoms with E-state index in [1.54, 1.807) is 14.2 Å². The van der Waals surface area contributed by atoms with E-state index in [1.807, 2.05) is 12.1 Å². The van der Waals surface area contributed by atoms with Crippen molar-refractivity contribution in [2.24, 2.45) is 4.99 Å². The van der Waals surface area contributed by atoms with Gasteiger partial charge in [0.25, 0.3) is 0 Å². The Morgan fingerprint density at radius 1 is 1.53 bits per heavy atom. The van der Waals surface area contributed by atoms with Gasteiger partial charge in [0, 0.05) is 28.8 Å². The molecule has 0 aromatic heterocycles. The van der Waals surface area contributed by atoms with Gasteiger partial charge >= 0.3 is 0 Å². The van der Waals surface area contributed by atoms with Crippen LogP contribution in [0.15, 0.2) is 17.1 Å². The van der Waals surface area contributed by atoms with Crippen LogP contribution in [-0.2, 0) is 6.54 Å². The van der Waals surface area contributed by atoms with Gasteiger partial charge in [0.1, 0.15) is 5.75 Å². The number of guanidine groups is 1. The molecule has 1 aliphatic carbocycles. The van der Waals surface area contributed by atoms with Crippen molar-refractivity contribution in [3.63, 3.8) is 0 Å². The van der Waals surface area contributed by atoms with Crippen LogP contribution in [0.2, 0.25) is 5.02 Å². The molecule has 0 atom stereocenters. The summed E-state index contributed by atoms with van der Waals surface area (Å²) in [6, 6.07) is 4.45. The van der Waals surface area contributed by atoms with Gasteiger partial charge in [-0.1, -0.05) is 11.6 Å². The molecule has 4 nitrogen and oxygen atoms in total. The smallest absolute Gasteiger partial charge is 0.191 e. The Morgan fingerprint density at radius 3 is 2.84 bits per heavy atom. The number of ether oxygens (including phenoxy) is 1. The van der Waals surface area contributed by atoms with Gasteiger partial charge in [-0.3, -0.25) is 4.99 Å². The number of nitrogens with zero attached hydrogens (tertiary/aromatic N) is 1. The molecule has 0 bridgehead atoms. The standard InChI is InChI=1S/C13H17ClIN3O/c1-16-13(18-9-3-4-9)17-7-8-5-10(14)11(15)6-12(8)19-2/h5-6,9H,3-4,7H2,1-2H3,(H2,16,17,18). The number of nitrogens with one attached hydrogen (secondary N) is 2. The minimum absolute atomic E-state index is 0.577. The highest BCUT2D eigenvalue weighted by Crippen LogP contribution is 2.28. The van der Waals surface area contributed by atoms with Crippen molar-refractivity contribution < 1.29 is 4.74 Å². The highest BCUT2D eigenvalue weighted by Gasteiger charge is 2.22. The number of halogens is 2. The molecule has 19 heavy (non-hydrogen) atoms. The maximum atomic E-state index is 6.15. The molecule has 0 heterocycles. The minimum atomic E-state index is 0.577. The first-order chi connectivity index (χ1) is 9.13. The number of rotatable bonds is 4. The zero-order valence-electron chi connectivity index (χ0n) is 11.0. The summed E-state index contributed by atoms with van der Waals surface area (Å²) in [5.74, 6) is 1.66. The average molecular weight is 394 g/mol.